The lowest BCUT2D eigenvalue weighted by Gasteiger charge is -2.16. The van der Waals surface area contributed by atoms with Crippen LogP contribution in [0, 0.1) is 6.92 Å². The Kier molecular flexibility index (Phi) is 2.63. The largest absolute Gasteiger partial charge is 0.354 e. The Balaban J connectivity index is 2.09. The molecule has 0 amide bonds. The van der Waals surface area contributed by atoms with Gasteiger partial charge in [-0.15, -0.1) is 5.10 Å². The molecule has 2 heterocycles. The van der Waals surface area contributed by atoms with Crippen molar-refractivity contribution in [1.82, 2.24) is 15.5 Å². The van der Waals surface area contributed by atoms with E-state index in [9.17, 15) is 0 Å². The fraction of sp³-hybridized carbons (Fsp3) is 0.600. The Morgan fingerprint density at radius 1 is 1.57 bits per heavy atom. The molecule has 14 heavy (non-hydrogen) atoms. The van der Waals surface area contributed by atoms with Crippen molar-refractivity contribution >= 4 is 5.82 Å². The van der Waals surface area contributed by atoms with Crippen molar-refractivity contribution in [3.8, 4) is 0 Å². The van der Waals surface area contributed by atoms with Crippen molar-refractivity contribution < 1.29 is 0 Å². The van der Waals surface area contributed by atoms with Gasteiger partial charge in [-0.3, -0.25) is 0 Å². The zero-order chi connectivity index (χ0) is 9.97. The molecule has 76 valence electrons. The Morgan fingerprint density at radius 3 is 3.07 bits per heavy atom. The number of rotatable bonds is 2. The van der Waals surface area contributed by atoms with E-state index in [1.165, 1.54) is 12.0 Å². The molecule has 0 radical (unpaired) electrons. The average Bonchev–Trinajstić information content (AvgIpc) is 2.66. The first-order chi connectivity index (χ1) is 6.79. The first-order valence-corrected chi connectivity index (χ1v) is 5.01. The monoisotopic (exact) mass is 192 g/mol. The Bertz CT molecular complexity index is 313. The van der Waals surface area contributed by atoms with Crippen LogP contribution in [0.25, 0.3) is 0 Å². The highest BCUT2D eigenvalue weighted by atomic mass is 15.3. The van der Waals surface area contributed by atoms with Gasteiger partial charge in [0.15, 0.2) is 5.82 Å². The number of anilines is 1. The molecule has 1 aromatic heterocycles. The minimum Gasteiger partial charge on any atom is -0.354 e. The van der Waals surface area contributed by atoms with Crippen LogP contribution in [0.4, 0.5) is 5.82 Å². The molecule has 1 N–H and O–H groups in total. The third-order valence-electron chi connectivity index (χ3n) is 2.70. The zero-order valence-corrected chi connectivity index (χ0v) is 8.70. The van der Waals surface area contributed by atoms with E-state index in [0.29, 0.717) is 6.04 Å². The van der Waals surface area contributed by atoms with Gasteiger partial charge >= 0.3 is 0 Å². The second kappa shape index (κ2) is 3.92. The van der Waals surface area contributed by atoms with Crippen molar-refractivity contribution in [3.63, 3.8) is 0 Å². The second-order valence-corrected chi connectivity index (χ2v) is 3.81. The van der Waals surface area contributed by atoms with Gasteiger partial charge in [0.2, 0.25) is 0 Å². The molecule has 2 rings (SSSR count). The predicted octanol–water partition coefficient (Wildman–Crippen LogP) is 0.583. The molecular formula is C10H16N4. The topological polar surface area (TPSA) is 41.0 Å². The number of hydrogen-bond acceptors (Lipinski definition) is 4. The van der Waals surface area contributed by atoms with Crippen molar-refractivity contribution in [2.24, 2.45) is 0 Å². The number of aryl methyl sites for hydroxylation is 1. The van der Waals surface area contributed by atoms with Gasteiger partial charge in [-0.1, -0.05) is 0 Å². The van der Waals surface area contributed by atoms with Crippen molar-refractivity contribution in [3.05, 3.63) is 17.8 Å². The summed E-state index contributed by atoms with van der Waals surface area (Å²) in [6.45, 7) is 4.15. The van der Waals surface area contributed by atoms with Crippen LogP contribution in [0.15, 0.2) is 12.3 Å². The van der Waals surface area contributed by atoms with Crippen LogP contribution in [-0.4, -0.2) is 36.4 Å². The summed E-state index contributed by atoms with van der Waals surface area (Å²) in [6, 6.07) is 2.68. The molecule has 1 unspecified atom stereocenters. The van der Waals surface area contributed by atoms with E-state index < -0.39 is 0 Å². The van der Waals surface area contributed by atoms with Crippen LogP contribution < -0.4 is 10.2 Å². The third kappa shape index (κ3) is 1.85. The normalized spacial score (nSPS) is 21.6. The van der Waals surface area contributed by atoms with Gasteiger partial charge in [0, 0.05) is 19.1 Å². The molecule has 1 aliphatic heterocycles. The van der Waals surface area contributed by atoms with Gasteiger partial charge in [-0.25, -0.2) is 0 Å². The molecule has 4 nitrogen and oxygen atoms in total. The van der Waals surface area contributed by atoms with Gasteiger partial charge in [0.25, 0.3) is 0 Å². The number of likely N-dealkylation sites (N-methyl/N-ethyl adjacent to an activating group) is 1. The molecule has 0 saturated carbocycles. The van der Waals surface area contributed by atoms with E-state index in [-0.39, 0.29) is 0 Å². The summed E-state index contributed by atoms with van der Waals surface area (Å²) < 4.78 is 0. The Morgan fingerprint density at radius 2 is 2.43 bits per heavy atom. The molecule has 1 aromatic rings. The van der Waals surface area contributed by atoms with Crippen LogP contribution in [0.3, 0.4) is 0 Å². The van der Waals surface area contributed by atoms with Crippen molar-refractivity contribution in [1.29, 1.82) is 0 Å². The van der Waals surface area contributed by atoms with Gasteiger partial charge < -0.3 is 10.2 Å². The maximum absolute atomic E-state index is 4.14. The summed E-state index contributed by atoms with van der Waals surface area (Å²) >= 11 is 0. The summed E-state index contributed by atoms with van der Waals surface area (Å²) in [5, 5.41) is 11.4. The molecule has 1 saturated heterocycles. The lowest BCUT2D eigenvalue weighted by Crippen LogP contribution is -2.29. The van der Waals surface area contributed by atoms with Gasteiger partial charge in [0.1, 0.15) is 0 Å². The van der Waals surface area contributed by atoms with Gasteiger partial charge in [-0.05, 0) is 32.0 Å². The SMILES string of the molecule is CNC1CCN(c2cc(C)cnn2)C1. The highest BCUT2D eigenvalue weighted by Crippen LogP contribution is 2.17. The van der Waals surface area contributed by atoms with Crippen LogP contribution in [0.2, 0.25) is 0 Å². The summed E-state index contributed by atoms with van der Waals surface area (Å²) in [5.74, 6) is 1.00. The maximum atomic E-state index is 4.14. The minimum atomic E-state index is 0.595. The molecule has 1 aliphatic rings. The van der Waals surface area contributed by atoms with Crippen LogP contribution in [-0.2, 0) is 0 Å². The zero-order valence-electron chi connectivity index (χ0n) is 8.70. The summed E-state index contributed by atoms with van der Waals surface area (Å²) in [7, 11) is 2.01. The maximum Gasteiger partial charge on any atom is 0.151 e. The highest BCUT2D eigenvalue weighted by Gasteiger charge is 2.21. The standard InChI is InChI=1S/C10H16N4/c1-8-5-10(13-12-6-8)14-4-3-9(7-14)11-2/h5-6,9,11H,3-4,7H2,1-2H3. The molecule has 4 heteroatoms. The van der Waals surface area contributed by atoms with Crippen LogP contribution in [0.1, 0.15) is 12.0 Å². The van der Waals surface area contributed by atoms with Gasteiger partial charge in [-0.2, -0.15) is 5.10 Å². The highest BCUT2D eigenvalue weighted by molar-refractivity contribution is 5.40. The number of aromatic nitrogens is 2. The van der Waals surface area contributed by atoms with E-state index in [0.717, 1.165) is 18.9 Å². The molecule has 1 fully saturated rings. The van der Waals surface area contributed by atoms with E-state index in [1.54, 1.807) is 6.20 Å². The quantitative estimate of drug-likeness (QED) is 0.744. The van der Waals surface area contributed by atoms with Gasteiger partial charge in [0.05, 0.1) is 6.20 Å². The van der Waals surface area contributed by atoms with E-state index >= 15 is 0 Å². The molecule has 0 bridgehead atoms. The van der Waals surface area contributed by atoms with E-state index in [1.807, 2.05) is 14.0 Å². The van der Waals surface area contributed by atoms with Crippen molar-refractivity contribution in [2.75, 3.05) is 25.0 Å². The third-order valence-corrected chi connectivity index (χ3v) is 2.70. The number of hydrogen-bond donors (Lipinski definition) is 1. The van der Waals surface area contributed by atoms with E-state index in [2.05, 4.69) is 26.5 Å². The molecule has 0 spiro atoms. The van der Waals surface area contributed by atoms with Crippen LogP contribution in [0.5, 0.6) is 0 Å². The molecule has 0 aliphatic carbocycles. The smallest absolute Gasteiger partial charge is 0.151 e. The summed E-state index contributed by atoms with van der Waals surface area (Å²) in [5.41, 5.74) is 1.17. The lowest BCUT2D eigenvalue weighted by molar-refractivity contribution is 0.616. The van der Waals surface area contributed by atoms with Crippen LogP contribution >= 0.6 is 0 Å². The van der Waals surface area contributed by atoms with Crippen molar-refractivity contribution in [2.45, 2.75) is 19.4 Å². The Hall–Kier alpha value is -1.16. The predicted molar refractivity (Wildman–Crippen MR) is 56.4 cm³/mol. The fourth-order valence-corrected chi connectivity index (χ4v) is 1.81. The number of nitrogens with zero attached hydrogens (tertiary/aromatic N) is 3. The summed E-state index contributed by atoms with van der Waals surface area (Å²) in [6.07, 6.45) is 2.97. The lowest BCUT2D eigenvalue weighted by atomic mass is 10.3. The first kappa shape index (κ1) is 9.40. The minimum absolute atomic E-state index is 0.595. The molecule has 1 atom stereocenters. The number of nitrogens with one attached hydrogen (secondary N) is 1. The molecular weight excluding hydrogens is 176 g/mol. The average molecular weight is 192 g/mol. The van der Waals surface area contributed by atoms with E-state index in [4.69, 9.17) is 0 Å². The molecule has 0 aromatic carbocycles. The summed E-state index contributed by atoms with van der Waals surface area (Å²) in [4.78, 5) is 2.28. The fourth-order valence-electron chi connectivity index (χ4n) is 1.81. The second-order valence-electron chi connectivity index (χ2n) is 3.81. The Labute approximate surface area is 84.3 Å². The first-order valence-electron chi connectivity index (χ1n) is 5.01.